The molecule has 2 saturated heterocycles. The Balaban J connectivity index is -0.000000252. The second-order valence-electron chi connectivity index (χ2n) is 4.17. The zero-order valence-electron chi connectivity index (χ0n) is 12.8. The fourth-order valence-corrected chi connectivity index (χ4v) is 1.80. The molecule has 6 nitrogen and oxygen atoms in total. The molecule has 0 saturated carbocycles. The molecule has 0 unspecified atom stereocenters. The minimum atomic E-state index is 0. The minimum Gasteiger partial charge on any atom is -0.412 e. The van der Waals surface area contributed by atoms with Crippen molar-refractivity contribution in [2.45, 2.75) is 13.8 Å². The van der Waals surface area contributed by atoms with E-state index in [0.717, 1.165) is 39.4 Å². The molecule has 2 N–H and O–H groups in total. The van der Waals surface area contributed by atoms with Gasteiger partial charge in [-0.15, -0.1) is 0 Å². The van der Waals surface area contributed by atoms with Gasteiger partial charge in [-0.1, -0.05) is 6.92 Å². The van der Waals surface area contributed by atoms with Crippen molar-refractivity contribution in [2.75, 3.05) is 59.2 Å². The van der Waals surface area contributed by atoms with E-state index in [1.807, 2.05) is 0 Å². The second kappa shape index (κ2) is 15.3. The molecule has 0 aromatic heterocycles. The molecule has 2 rings (SSSR count). The van der Waals surface area contributed by atoms with E-state index >= 15 is 0 Å². The van der Waals surface area contributed by atoms with Crippen LogP contribution in [0.4, 0.5) is 0 Å². The summed E-state index contributed by atoms with van der Waals surface area (Å²) in [5.41, 5.74) is 0. The van der Waals surface area contributed by atoms with Crippen LogP contribution < -0.4 is 0 Å². The van der Waals surface area contributed by atoms with Crippen molar-refractivity contribution in [3.8, 4) is 0 Å². The first-order valence-corrected chi connectivity index (χ1v) is 6.37. The van der Waals surface area contributed by atoms with Crippen LogP contribution in [0.5, 0.6) is 0 Å². The first kappa shape index (κ1) is 24.9. The van der Waals surface area contributed by atoms with E-state index in [9.17, 15) is 4.79 Å². The Hall–Kier alpha value is -0.0666. The maximum atomic E-state index is 10.7. The molecule has 0 aromatic carbocycles. The Labute approximate surface area is 135 Å². The summed E-state index contributed by atoms with van der Waals surface area (Å²) in [4.78, 5) is 14.9. The molecule has 2 aliphatic rings. The number of ether oxygens (including phenoxy) is 2. The molecule has 0 bridgehead atoms. The summed E-state index contributed by atoms with van der Waals surface area (Å²) in [6.45, 7) is 11.9. The number of hydrogen-bond acceptors (Lipinski definition) is 4. The fraction of sp³-hybridized carbons (Fsp3) is 0.846. The van der Waals surface area contributed by atoms with Crippen LogP contribution in [-0.4, -0.2) is 80.3 Å². The number of amides is 1. The molecule has 0 aromatic rings. The molecule has 2 fully saturated rings. The summed E-state index contributed by atoms with van der Waals surface area (Å²) in [5.74, 6) is 0.151. The smallest absolute Gasteiger partial charge is 0.219 e. The van der Waals surface area contributed by atoms with Gasteiger partial charge in [-0.25, -0.2) is 0 Å². The number of carbonyl (C=O) groups excluding carboxylic acids is 1. The van der Waals surface area contributed by atoms with Gasteiger partial charge in [0.2, 0.25) is 5.91 Å². The van der Waals surface area contributed by atoms with Crippen molar-refractivity contribution < 1.29 is 39.2 Å². The average molecular weight is 380 g/mol. The topological polar surface area (TPSA) is 73.5 Å². The predicted molar refractivity (Wildman–Crippen MR) is 76.0 cm³/mol. The molecule has 20 heavy (non-hydrogen) atoms. The van der Waals surface area contributed by atoms with Crippen molar-refractivity contribution >= 4 is 5.91 Å². The van der Waals surface area contributed by atoms with Gasteiger partial charge in [0.1, 0.15) is 0 Å². The second-order valence-corrected chi connectivity index (χ2v) is 4.17. The van der Waals surface area contributed by atoms with Gasteiger partial charge in [-0.2, -0.15) is 0 Å². The van der Waals surface area contributed by atoms with E-state index < -0.39 is 0 Å². The molecule has 1 radical (unpaired) electrons. The van der Waals surface area contributed by atoms with Crippen LogP contribution >= 0.6 is 0 Å². The Morgan fingerprint density at radius 3 is 1.65 bits per heavy atom. The van der Waals surface area contributed by atoms with Crippen molar-refractivity contribution in [2.24, 2.45) is 0 Å². The van der Waals surface area contributed by atoms with Gasteiger partial charge in [0.25, 0.3) is 0 Å². The molecular weight excluding hydrogens is 351 g/mol. The SMILES string of the molecule is CC(=O)N1CCOCC1.CCN1CCOCC1.O.[CH3-].[Rh]. The van der Waals surface area contributed by atoms with Gasteiger partial charge in [-0.3, -0.25) is 9.69 Å². The van der Waals surface area contributed by atoms with E-state index in [1.165, 1.54) is 6.54 Å². The van der Waals surface area contributed by atoms with Gasteiger partial charge < -0.3 is 27.3 Å². The third kappa shape index (κ3) is 10.7. The first-order valence-electron chi connectivity index (χ1n) is 6.37. The van der Waals surface area contributed by atoms with Crippen molar-refractivity contribution in [1.29, 1.82) is 0 Å². The third-order valence-electron chi connectivity index (χ3n) is 3.01. The predicted octanol–water partition coefficient (Wildman–Crippen LogP) is -0.173. The van der Waals surface area contributed by atoms with E-state index in [-0.39, 0.29) is 38.3 Å². The number of likely N-dealkylation sites (N-methyl/N-ethyl adjacent to an activating group) is 1. The molecule has 2 aliphatic heterocycles. The molecule has 1 amide bonds. The van der Waals surface area contributed by atoms with Gasteiger partial charge in [0.15, 0.2) is 0 Å². The summed E-state index contributed by atoms with van der Waals surface area (Å²) in [7, 11) is 0. The van der Waals surface area contributed by atoms with Crippen LogP contribution in [0.3, 0.4) is 0 Å². The quantitative estimate of drug-likeness (QED) is 0.468. The Morgan fingerprint density at radius 2 is 1.40 bits per heavy atom. The summed E-state index contributed by atoms with van der Waals surface area (Å²) in [6, 6.07) is 0. The Morgan fingerprint density at radius 1 is 1.00 bits per heavy atom. The van der Waals surface area contributed by atoms with Gasteiger partial charge >= 0.3 is 0 Å². The molecule has 2 heterocycles. The number of nitrogens with zero attached hydrogens (tertiary/aromatic N) is 2. The van der Waals surface area contributed by atoms with Crippen molar-refractivity contribution in [1.82, 2.24) is 9.80 Å². The van der Waals surface area contributed by atoms with Crippen LogP contribution in [0.25, 0.3) is 0 Å². The molecule has 0 atom stereocenters. The zero-order valence-corrected chi connectivity index (χ0v) is 14.5. The summed E-state index contributed by atoms with van der Waals surface area (Å²) in [5, 5.41) is 0. The summed E-state index contributed by atoms with van der Waals surface area (Å²) >= 11 is 0. The molecular formula is C13H29N2O4Rh-. The molecule has 0 spiro atoms. The maximum Gasteiger partial charge on any atom is 0.219 e. The largest absolute Gasteiger partial charge is 0.412 e. The molecule has 0 aliphatic carbocycles. The third-order valence-corrected chi connectivity index (χ3v) is 3.01. The average Bonchev–Trinajstić information content (AvgIpc) is 2.41. The minimum absolute atomic E-state index is 0. The van der Waals surface area contributed by atoms with E-state index in [4.69, 9.17) is 9.47 Å². The standard InChI is InChI=1S/C6H11NO2.C6H13NO.CH3.H2O.Rh/c1-6(8)7-2-4-9-5-3-7;1-2-7-3-5-8-6-4-7;;;/h2-5H2,1H3;2-6H2,1H3;1H3;1H2;/q;;-1;;. The Kier molecular flexibility index (Phi) is 19.1. The van der Waals surface area contributed by atoms with Crippen LogP contribution in [0.15, 0.2) is 0 Å². The molecule has 125 valence electrons. The molecule has 7 heteroatoms. The van der Waals surface area contributed by atoms with Crippen LogP contribution in [-0.2, 0) is 33.7 Å². The maximum absolute atomic E-state index is 10.7. The van der Waals surface area contributed by atoms with Gasteiger partial charge in [-0.05, 0) is 6.54 Å². The van der Waals surface area contributed by atoms with Crippen LogP contribution in [0.2, 0.25) is 0 Å². The zero-order chi connectivity index (χ0) is 12.5. The van der Waals surface area contributed by atoms with Gasteiger partial charge in [0.05, 0.1) is 26.4 Å². The van der Waals surface area contributed by atoms with Crippen LogP contribution in [0, 0.1) is 7.43 Å². The Bertz CT molecular complexity index is 220. The monoisotopic (exact) mass is 380 g/mol. The van der Waals surface area contributed by atoms with Crippen LogP contribution in [0.1, 0.15) is 13.8 Å². The summed E-state index contributed by atoms with van der Waals surface area (Å²) in [6.07, 6.45) is 0. The van der Waals surface area contributed by atoms with E-state index in [0.29, 0.717) is 13.2 Å². The number of morpholine rings is 2. The number of carbonyl (C=O) groups is 1. The van der Waals surface area contributed by atoms with Gasteiger partial charge in [0, 0.05) is 52.6 Å². The van der Waals surface area contributed by atoms with Crippen molar-refractivity contribution in [3.63, 3.8) is 0 Å². The first-order chi connectivity index (χ1) is 8.24. The number of rotatable bonds is 1. The normalized spacial score (nSPS) is 18.4. The number of hydrogen-bond donors (Lipinski definition) is 0. The van der Waals surface area contributed by atoms with E-state index in [1.54, 1.807) is 11.8 Å². The van der Waals surface area contributed by atoms with E-state index in [2.05, 4.69) is 11.8 Å². The van der Waals surface area contributed by atoms with Crippen molar-refractivity contribution in [3.05, 3.63) is 7.43 Å². The summed E-state index contributed by atoms with van der Waals surface area (Å²) < 4.78 is 10.2. The fourth-order valence-electron chi connectivity index (χ4n) is 1.80.